The molecule has 4 nitrogen and oxygen atoms in total. The molecular weight excluding hydrogens is 466 g/mol. The highest BCUT2D eigenvalue weighted by molar-refractivity contribution is 7.31. The van der Waals surface area contributed by atoms with Crippen molar-refractivity contribution in [2.45, 2.75) is 0 Å². The molecule has 2 heterocycles. The van der Waals surface area contributed by atoms with Crippen LogP contribution in [0.1, 0.15) is 10.5 Å². The minimum absolute atomic E-state index is 0.0203. The third-order valence-corrected chi connectivity index (χ3v) is 11.9. The SMILES string of the molecule is O=C(c1cn(-c2csc3ccccc23)nn1)[Si](c1ccccc1)(c1ccccc1)c1ccccc1. The molecule has 0 unspecified atom stereocenters. The summed E-state index contributed by atoms with van der Waals surface area (Å²) in [5, 5.41) is 15.1. The lowest BCUT2D eigenvalue weighted by molar-refractivity contribution is 0.106. The fourth-order valence-corrected chi connectivity index (χ4v) is 10.1. The van der Waals surface area contributed by atoms with Crippen molar-refractivity contribution in [1.29, 1.82) is 0 Å². The maximum absolute atomic E-state index is 14.7. The quantitative estimate of drug-likeness (QED) is 0.259. The van der Waals surface area contributed by atoms with Crippen molar-refractivity contribution in [2.75, 3.05) is 0 Å². The summed E-state index contributed by atoms with van der Waals surface area (Å²) >= 11 is 1.66. The molecule has 0 N–H and O–H groups in total. The molecule has 6 rings (SSSR count). The molecule has 0 atom stereocenters. The highest BCUT2D eigenvalue weighted by Crippen LogP contribution is 2.28. The first kappa shape index (κ1) is 21.4. The summed E-state index contributed by atoms with van der Waals surface area (Å²) in [5.74, 6) is 0. The number of thiophene rings is 1. The van der Waals surface area contributed by atoms with Gasteiger partial charge >= 0.3 is 0 Å². The molecule has 0 aliphatic carbocycles. The van der Waals surface area contributed by atoms with Crippen LogP contribution < -0.4 is 15.6 Å². The first-order chi connectivity index (χ1) is 17.3. The van der Waals surface area contributed by atoms with Crippen molar-refractivity contribution in [3.63, 3.8) is 0 Å². The molecule has 4 aromatic carbocycles. The number of benzene rings is 4. The van der Waals surface area contributed by atoms with Gasteiger partial charge in [-0.2, -0.15) is 0 Å². The molecule has 0 aliphatic rings. The zero-order valence-corrected chi connectivity index (χ0v) is 20.6. The topological polar surface area (TPSA) is 47.8 Å². The molecule has 35 heavy (non-hydrogen) atoms. The molecule has 0 spiro atoms. The van der Waals surface area contributed by atoms with E-state index in [1.807, 2.05) is 66.7 Å². The molecule has 0 saturated heterocycles. The largest absolute Gasteiger partial charge is 0.297 e. The van der Waals surface area contributed by atoms with Gasteiger partial charge in [0, 0.05) is 15.5 Å². The van der Waals surface area contributed by atoms with Gasteiger partial charge in [0.2, 0.25) is 8.07 Å². The predicted octanol–water partition coefficient (Wildman–Crippen LogP) is 4.37. The zero-order chi connectivity index (χ0) is 23.7. The zero-order valence-electron chi connectivity index (χ0n) is 18.8. The van der Waals surface area contributed by atoms with Gasteiger partial charge in [0.05, 0.1) is 11.9 Å². The Morgan fingerprint density at radius 1 is 0.686 bits per heavy atom. The van der Waals surface area contributed by atoms with E-state index < -0.39 is 8.07 Å². The van der Waals surface area contributed by atoms with E-state index in [2.05, 4.69) is 64.2 Å². The molecular formula is C29H21N3OSSi. The average molecular weight is 488 g/mol. The Bertz CT molecular complexity index is 1510. The Hall–Kier alpha value is -4.13. The smallest absolute Gasteiger partial charge is 0.232 e. The Labute approximate surface area is 208 Å². The maximum atomic E-state index is 14.7. The first-order valence-corrected chi connectivity index (χ1v) is 14.3. The van der Waals surface area contributed by atoms with E-state index in [4.69, 9.17) is 0 Å². The fourth-order valence-electron chi connectivity index (χ4n) is 4.78. The van der Waals surface area contributed by atoms with E-state index in [1.165, 1.54) is 4.70 Å². The minimum Gasteiger partial charge on any atom is -0.297 e. The number of hydrogen-bond acceptors (Lipinski definition) is 4. The molecule has 0 radical (unpaired) electrons. The number of hydrogen-bond donors (Lipinski definition) is 0. The second kappa shape index (κ2) is 8.90. The summed E-state index contributed by atoms with van der Waals surface area (Å²) in [5.41, 5.74) is 1.31. The molecule has 168 valence electrons. The molecule has 0 saturated carbocycles. The van der Waals surface area contributed by atoms with E-state index in [1.54, 1.807) is 22.2 Å². The lowest BCUT2D eigenvalue weighted by atomic mass is 10.2. The summed E-state index contributed by atoms with van der Waals surface area (Å²) in [6, 6.07) is 38.6. The molecule has 0 bridgehead atoms. The monoisotopic (exact) mass is 487 g/mol. The number of carbonyl (C=O) groups is 1. The van der Waals surface area contributed by atoms with Crippen molar-refractivity contribution >= 4 is 50.5 Å². The normalized spacial score (nSPS) is 11.5. The second-order valence-electron chi connectivity index (χ2n) is 8.34. The summed E-state index contributed by atoms with van der Waals surface area (Å²) in [4.78, 5) is 14.7. The highest BCUT2D eigenvalue weighted by atomic mass is 32.1. The number of carbonyl (C=O) groups excluding carboxylic acids is 1. The van der Waals surface area contributed by atoms with Crippen LogP contribution in [0.15, 0.2) is 127 Å². The van der Waals surface area contributed by atoms with Crippen LogP contribution in [0.5, 0.6) is 0 Å². The third-order valence-electron chi connectivity index (χ3n) is 6.39. The summed E-state index contributed by atoms with van der Waals surface area (Å²) < 4.78 is 2.90. The first-order valence-electron chi connectivity index (χ1n) is 11.4. The summed E-state index contributed by atoms with van der Waals surface area (Å²) in [7, 11) is -3.15. The molecule has 6 aromatic rings. The van der Waals surface area contributed by atoms with Gasteiger partial charge in [-0.25, -0.2) is 4.68 Å². The number of fused-ring (bicyclic) bond motifs is 1. The molecule has 6 heteroatoms. The van der Waals surface area contributed by atoms with Gasteiger partial charge in [-0.05, 0) is 21.6 Å². The van der Waals surface area contributed by atoms with Crippen LogP contribution in [0.2, 0.25) is 0 Å². The Balaban J connectivity index is 1.57. The number of rotatable bonds is 6. The van der Waals surface area contributed by atoms with Gasteiger partial charge in [-0.1, -0.05) is 114 Å². The van der Waals surface area contributed by atoms with Crippen LogP contribution in [0.3, 0.4) is 0 Å². The van der Waals surface area contributed by atoms with Gasteiger partial charge < -0.3 is 0 Å². The van der Waals surface area contributed by atoms with Crippen LogP contribution in [0, 0.1) is 0 Å². The van der Waals surface area contributed by atoms with E-state index in [0.29, 0.717) is 5.69 Å². The van der Waals surface area contributed by atoms with Crippen LogP contribution in [-0.2, 0) is 0 Å². The van der Waals surface area contributed by atoms with Gasteiger partial charge in [0.25, 0.3) is 0 Å². The van der Waals surface area contributed by atoms with Gasteiger partial charge in [0.1, 0.15) is 5.69 Å². The van der Waals surface area contributed by atoms with Crippen molar-refractivity contribution in [3.8, 4) is 5.69 Å². The summed E-state index contributed by atoms with van der Waals surface area (Å²) in [6.07, 6.45) is 1.79. The van der Waals surface area contributed by atoms with E-state index in [-0.39, 0.29) is 5.41 Å². The van der Waals surface area contributed by atoms with Gasteiger partial charge in [-0.3, -0.25) is 4.79 Å². The van der Waals surface area contributed by atoms with Crippen LogP contribution in [-0.4, -0.2) is 28.5 Å². The predicted molar refractivity (Wildman–Crippen MR) is 145 cm³/mol. The average Bonchev–Trinajstić information content (AvgIpc) is 3.58. The lowest BCUT2D eigenvalue weighted by Gasteiger charge is -2.31. The van der Waals surface area contributed by atoms with E-state index >= 15 is 0 Å². The van der Waals surface area contributed by atoms with Crippen molar-refractivity contribution in [3.05, 3.63) is 133 Å². The third kappa shape index (κ3) is 3.55. The van der Waals surface area contributed by atoms with Crippen molar-refractivity contribution in [2.24, 2.45) is 0 Å². The molecule has 0 fully saturated rings. The molecule has 2 aromatic heterocycles. The number of nitrogens with zero attached hydrogens (tertiary/aromatic N) is 3. The highest BCUT2D eigenvalue weighted by Gasteiger charge is 2.48. The summed E-state index contributed by atoms with van der Waals surface area (Å²) in [6.45, 7) is 0. The van der Waals surface area contributed by atoms with Gasteiger partial charge in [0.15, 0.2) is 5.41 Å². The molecule has 0 aliphatic heterocycles. The fraction of sp³-hybridized carbons (Fsp3) is 0. The standard InChI is InChI=1S/C29H21N3OSSi/c33-29(26-20-32(31-30-26)27-21-34-28-19-11-10-18-25(27)28)35(22-12-4-1-5-13-22,23-14-6-2-7-15-23)24-16-8-3-9-17-24/h1-21H. The number of aromatic nitrogens is 3. The Kier molecular flexibility index (Phi) is 5.45. The van der Waals surface area contributed by atoms with Crippen molar-refractivity contribution < 1.29 is 4.79 Å². The second-order valence-corrected chi connectivity index (χ2v) is 12.9. The van der Waals surface area contributed by atoms with Crippen molar-refractivity contribution in [1.82, 2.24) is 15.0 Å². The van der Waals surface area contributed by atoms with E-state index in [9.17, 15) is 4.79 Å². The van der Waals surface area contributed by atoms with Gasteiger partial charge in [-0.15, -0.1) is 16.4 Å². The lowest BCUT2D eigenvalue weighted by Crippen LogP contribution is -2.72. The Morgan fingerprint density at radius 3 is 1.77 bits per heavy atom. The van der Waals surface area contributed by atoms with Crippen LogP contribution in [0.4, 0.5) is 0 Å². The molecule has 0 amide bonds. The van der Waals surface area contributed by atoms with Crippen LogP contribution in [0.25, 0.3) is 15.8 Å². The Morgan fingerprint density at radius 2 is 1.20 bits per heavy atom. The minimum atomic E-state index is -3.15. The van der Waals surface area contributed by atoms with E-state index in [0.717, 1.165) is 26.6 Å². The van der Waals surface area contributed by atoms with Crippen LogP contribution >= 0.6 is 11.3 Å². The maximum Gasteiger partial charge on any atom is 0.232 e.